The number of hydrogen-bond donors (Lipinski definition) is 3. The number of phenolic OH excluding ortho intramolecular Hbond substituents is 3. The molecule has 3 rings (SSSR count). The van der Waals surface area contributed by atoms with Crippen molar-refractivity contribution in [2.75, 3.05) is 0 Å². The summed E-state index contributed by atoms with van der Waals surface area (Å²) in [5.41, 5.74) is 1.29. The van der Waals surface area contributed by atoms with E-state index in [-0.39, 0.29) is 17.2 Å². The molecule has 5 heteroatoms. The van der Waals surface area contributed by atoms with Crippen LogP contribution in [0.3, 0.4) is 0 Å². The van der Waals surface area contributed by atoms with Gasteiger partial charge in [-0.15, -0.1) is 0 Å². The molecular formula is C15H12O5. The van der Waals surface area contributed by atoms with Gasteiger partial charge in [0.15, 0.2) is 17.2 Å². The molecule has 20 heavy (non-hydrogen) atoms. The molecule has 0 atom stereocenters. The second-order valence-corrected chi connectivity index (χ2v) is 4.59. The molecule has 3 N–H and O–H groups in total. The van der Waals surface area contributed by atoms with Crippen LogP contribution in [0.15, 0.2) is 33.5 Å². The van der Waals surface area contributed by atoms with Crippen molar-refractivity contribution in [1.29, 1.82) is 0 Å². The van der Waals surface area contributed by atoms with Crippen LogP contribution in [-0.4, -0.2) is 15.3 Å². The fourth-order valence-electron chi connectivity index (χ4n) is 2.39. The lowest BCUT2D eigenvalue weighted by Crippen LogP contribution is -2.02. The van der Waals surface area contributed by atoms with E-state index in [4.69, 9.17) is 4.42 Å². The van der Waals surface area contributed by atoms with Gasteiger partial charge >= 0.3 is 0 Å². The highest BCUT2D eigenvalue weighted by Crippen LogP contribution is 2.38. The minimum Gasteiger partial charge on any atom is -0.504 e. The van der Waals surface area contributed by atoms with Crippen molar-refractivity contribution in [1.82, 2.24) is 0 Å². The summed E-state index contributed by atoms with van der Waals surface area (Å²) >= 11 is 0. The number of benzene rings is 2. The van der Waals surface area contributed by atoms with Crippen LogP contribution in [0.5, 0.6) is 17.2 Å². The fraction of sp³-hybridized carbons (Fsp3) is 0.133. The van der Waals surface area contributed by atoms with E-state index in [1.807, 2.05) is 6.92 Å². The maximum atomic E-state index is 11.5. The molecule has 0 radical (unpaired) electrons. The van der Waals surface area contributed by atoms with E-state index in [9.17, 15) is 20.1 Å². The molecule has 0 fully saturated rings. The van der Waals surface area contributed by atoms with E-state index < -0.39 is 5.43 Å². The van der Waals surface area contributed by atoms with Crippen molar-refractivity contribution in [3.8, 4) is 28.6 Å². The highest BCUT2D eigenvalue weighted by molar-refractivity contribution is 5.90. The molecule has 0 amide bonds. The van der Waals surface area contributed by atoms with Crippen molar-refractivity contribution in [2.24, 2.45) is 0 Å². The van der Waals surface area contributed by atoms with Crippen molar-refractivity contribution in [2.45, 2.75) is 13.3 Å². The third-order valence-corrected chi connectivity index (χ3v) is 3.36. The van der Waals surface area contributed by atoms with E-state index in [1.54, 1.807) is 0 Å². The second kappa shape index (κ2) is 4.16. The molecule has 2 aliphatic rings. The molecule has 0 bridgehead atoms. The molecule has 1 aliphatic carbocycles. The predicted molar refractivity (Wildman–Crippen MR) is 73.5 cm³/mol. The standard InChI is InChI=1S/C15H12O5/c1-2-7-8-3-10(16)12(18)5-14(8)20-15-6-13(19)11(17)4-9(7)15/h3-6,16-18H,2H2,1H3. The highest BCUT2D eigenvalue weighted by Gasteiger charge is 2.18. The maximum absolute atomic E-state index is 11.5. The minimum atomic E-state index is -0.523. The maximum Gasteiger partial charge on any atom is 0.223 e. The molecule has 1 aliphatic heterocycles. The normalized spacial score (nSPS) is 11.2. The van der Waals surface area contributed by atoms with E-state index >= 15 is 0 Å². The average Bonchev–Trinajstić information content (AvgIpc) is 2.40. The first-order chi connectivity index (χ1) is 9.51. The molecule has 0 spiro atoms. The Balaban J connectivity index is 2.54. The van der Waals surface area contributed by atoms with Gasteiger partial charge in [-0.3, -0.25) is 4.79 Å². The molecule has 0 aromatic heterocycles. The Labute approximate surface area is 113 Å². The third kappa shape index (κ3) is 1.67. The summed E-state index contributed by atoms with van der Waals surface area (Å²) in [6.07, 6.45) is 0.616. The molecule has 5 nitrogen and oxygen atoms in total. The summed E-state index contributed by atoms with van der Waals surface area (Å²) in [6, 6.07) is 5.30. The Morgan fingerprint density at radius 2 is 1.70 bits per heavy atom. The number of rotatable bonds is 1. The molecule has 1 aromatic rings. The van der Waals surface area contributed by atoms with Gasteiger partial charge in [0.1, 0.15) is 11.3 Å². The van der Waals surface area contributed by atoms with Gasteiger partial charge in [-0.2, -0.15) is 0 Å². The first-order valence-electron chi connectivity index (χ1n) is 6.15. The minimum absolute atomic E-state index is 0.244. The zero-order chi connectivity index (χ0) is 14.4. The Hall–Kier alpha value is -2.69. The summed E-state index contributed by atoms with van der Waals surface area (Å²) in [4.78, 5) is 11.5. The zero-order valence-corrected chi connectivity index (χ0v) is 10.7. The van der Waals surface area contributed by atoms with Crippen LogP contribution in [-0.2, 0) is 6.42 Å². The first kappa shape index (κ1) is 12.3. The molecule has 1 aromatic carbocycles. The van der Waals surface area contributed by atoms with Gasteiger partial charge in [-0.25, -0.2) is 0 Å². The Morgan fingerprint density at radius 3 is 2.40 bits per heavy atom. The van der Waals surface area contributed by atoms with Gasteiger partial charge in [0.25, 0.3) is 0 Å². The monoisotopic (exact) mass is 272 g/mol. The largest absolute Gasteiger partial charge is 0.504 e. The van der Waals surface area contributed by atoms with E-state index in [2.05, 4.69) is 0 Å². The van der Waals surface area contributed by atoms with Crippen LogP contribution in [0, 0.1) is 0 Å². The number of hydrogen-bond acceptors (Lipinski definition) is 5. The number of aromatic hydroxyl groups is 3. The van der Waals surface area contributed by atoms with E-state index in [1.165, 1.54) is 24.3 Å². The summed E-state index contributed by atoms with van der Waals surface area (Å²) in [5.74, 6) is -0.540. The molecule has 0 unspecified atom stereocenters. The smallest absolute Gasteiger partial charge is 0.223 e. The van der Waals surface area contributed by atoms with Crippen molar-refractivity contribution >= 4 is 11.0 Å². The Morgan fingerprint density at radius 1 is 1.00 bits per heavy atom. The molecule has 1 heterocycles. The average molecular weight is 272 g/mol. The van der Waals surface area contributed by atoms with Crippen molar-refractivity contribution < 1.29 is 19.7 Å². The summed E-state index contributed by atoms with van der Waals surface area (Å²) in [6.45, 7) is 1.92. The SMILES string of the molecule is CCc1c2cc(O)c(=O)cc-2oc2cc(O)c(O)cc12. The van der Waals surface area contributed by atoms with Gasteiger partial charge in [-0.1, -0.05) is 6.92 Å². The predicted octanol–water partition coefficient (Wildman–Crippen LogP) is 2.58. The molecular weight excluding hydrogens is 260 g/mol. The summed E-state index contributed by atoms with van der Waals surface area (Å²) in [7, 11) is 0. The first-order valence-corrected chi connectivity index (χ1v) is 6.15. The Kier molecular flexibility index (Phi) is 2.57. The van der Waals surface area contributed by atoms with Crippen LogP contribution in [0.1, 0.15) is 12.5 Å². The lowest BCUT2D eigenvalue weighted by molar-refractivity contribution is 0.403. The van der Waals surface area contributed by atoms with Crippen LogP contribution in [0.25, 0.3) is 22.3 Å². The lowest BCUT2D eigenvalue weighted by Gasteiger charge is -2.14. The molecule has 0 saturated carbocycles. The zero-order valence-electron chi connectivity index (χ0n) is 10.7. The fourth-order valence-corrected chi connectivity index (χ4v) is 2.39. The summed E-state index contributed by atoms with van der Waals surface area (Å²) < 4.78 is 5.58. The van der Waals surface area contributed by atoms with E-state index in [0.29, 0.717) is 28.7 Å². The number of fused-ring (bicyclic) bond motifs is 2. The van der Waals surface area contributed by atoms with E-state index in [0.717, 1.165) is 5.56 Å². The van der Waals surface area contributed by atoms with Crippen LogP contribution in [0.4, 0.5) is 0 Å². The third-order valence-electron chi connectivity index (χ3n) is 3.36. The number of aryl methyl sites for hydroxylation is 1. The van der Waals surface area contributed by atoms with Gasteiger partial charge in [-0.05, 0) is 24.1 Å². The highest BCUT2D eigenvalue weighted by atomic mass is 16.3. The molecule has 0 saturated heterocycles. The van der Waals surface area contributed by atoms with Crippen molar-refractivity contribution in [3.63, 3.8) is 0 Å². The van der Waals surface area contributed by atoms with Gasteiger partial charge < -0.3 is 19.7 Å². The molecule has 102 valence electrons. The Bertz CT molecular complexity index is 847. The number of phenols is 3. The van der Waals surface area contributed by atoms with Gasteiger partial charge in [0, 0.05) is 23.1 Å². The van der Waals surface area contributed by atoms with Gasteiger partial charge in [0.05, 0.1) is 0 Å². The van der Waals surface area contributed by atoms with Crippen LogP contribution in [0.2, 0.25) is 0 Å². The second-order valence-electron chi connectivity index (χ2n) is 4.59. The van der Waals surface area contributed by atoms with Crippen LogP contribution < -0.4 is 5.43 Å². The van der Waals surface area contributed by atoms with Crippen LogP contribution >= 0.6 is 0 Å². The quantitative estimate of drug-likeness (QED) is 0.468. The van der Waals surface area contributed by atoms with Gasteiger partial charge in [0.2, 0.25) is 5.43 Å². The summed E-state index contributed by atoms with van der Waals surface area (Å²) in [5, 5.41) is 29.4. The topological polar surface area (TPSA) is 90.9 Å². The lowest BCUT2D eigenvalue weighted by atomic mass is 9.97. The van der Waals surface area contributed by atoms with Crippen molar-refractivity contribution in [3.05, 3.63) is 40.1 Å².